The van der Waals surface area contributed by atoms with Gasteiger partial charge in [0.15, 0.2) is 6.10 Å². The molecule has 2 aromatic rings. The summed E-state index contributed by atoms with van der Waals surface area (Å²) in [5.41, 5.74) is 2.80. The van der Waals surface area contributed by atoms with Gasteiger partial charge in [0.1, 0.15) is 6.54 Å². The Labute approximate surface area is 170 Å². The summed E-state index contributed by atoms with van der Waals surface area (Å²) in [4.78, 5) is 26.6. The number of fused-ring (bicyclic) bond motifs is 1. The Morgan fingerprint density at radius 3 is 2.52 bits per heavy atom. The molecule has 0 unspecified atom stereocenters. The van der Waals surface area contributed by atoms with Crippen molar-refractivity contribution in [2.75, 3.05) is 11.4 Å². The molecule has 154 valence electrons. The first-order valence-electron chi connectivity index (χ1n) is 9.36. The van der Waals surface area contributed by atoms with E-state index in [4.69, 9.17) is 4.74 Å². The third kappa shape index (κ3) is 4.65. The Bertz CT molecular complexity index is 1020. The van der Waals surface area contributed by atoms with Crippen LogP contribution in [0.25, 0.3) is 0 Å². The molecule has 0 bridgehead atoms. The van der Waals surface area contributed by atoms with E-state index in [0.29, 0.717) is 0 Å². The van der Waals surface area contributed by atoms with Crippen LogP contribution in [0.2, 0.25) is 0 Å². The summed E-state index contributed by atoms with van der Waals surface area (Å²) >= 11 is 0. The van der Waals surface area contributed by atoms with Crippen LogP contribution in [0.15, 0.2) is 53.4 Å². The summed E-state index contributed by atoms with van der Waals surface area (Å²) < 4.78 is 31.9. The number of ether oxygens (including phenoxy) is 1. The summed E-state index contributed by atoms with van der Waals surface area (Å²) in [5.74, 6) is -1.15. The van der Waals surface area contributed by atoms with Gasteiger partial charge < -0.3 is 9.64 Å². The van der Waals surface area contributed by atoms with E-state index >= 15 is 0 Å². The Morgan fingerprint density at radius 1 is 1.17 bits per heavy atom. The molecule has 0 aliphatic carbocycles. The molecule has 1 aliphatic heterocycles. The normalized spacial score (nSPS) is 16.9. The van der Waals surface area contributed by atoms with E-state index in [9.17, 15) is 18.0 Å². The van der Waals surface area contributed by atoms with Crippen molar-refractivity contribution in [3.05, 3.63) is 59.7 Å². The maximum Gasteiger partial charge on any atom is 0.321 e. The van der Waals surface area contributed by atoms with E-state index in [2.05, 4.69) is 4.72 Å². The predicted molar refractivity (Wildman–Crippen MR) is 109 cm³/mol. The Morgan fingerprint density at radius 2 is 1.83 bits per heavy atom. The number of hydrogen-bond donors (Lipinski definition) is 1. The second-order valence-electron chi connectivity index (χ2n) is 7.16. The molecule has 8 heteroatoms. The van der Waals surface area contributed by atoms with Crippen LogP contribution in [0.1, 0.15) is 25.0 Å². The van der Waals surface area contributed by atoms with E-state index in [0.717, 1.165) is 23.2 Å². The van der Waals surface area contributed by atoms with Crippen molar-refractivity contribution in [1.82, 2.24) is 4.72 Å². The smallest absolute Gasteiger partial charge is 0.321 e. The molecule has 29 heavy (non-hydrogen) atoms. The van der Waals surface area contributed by atoms with E-state index in [1.165, 1.54) is 19.1 Å². The number of nitrogens with one attached hydrogen (secondary N) is 1. The highest BCUT2D eigenvalue weighted by atomic mass is 32.2. The minimum Gasteiger partial charge on any atom is -0.452 e. The van der Waals surface area contributed by atoms with Crippen LogP contribution < -0.4 is 9.62 Å². The number of amides is 1. The number of benzene rings is 2. The Balaban J connectivity index is 1.59. The standard InChI is InChI=1S/C21H24N2O5S/c1-14-8-10-18(11-9-14)29(26,27)22-13-20(24)28-16(3)21(25)23-15(2)12-17-6-4-5-7-19(17)23/h4-11,15-16,22H,12-13H2,1-3H3/t15-,16+/m0/s1. The molecule has 0 saturated heterocycles. The van der Waals surface area contributed by atoms with E-state index in [-0.39, 0.29) is 16.8 Å². The molecule has 2 atom stereocenters. The van der Waals surface area contributed by atoms with Crippen LogP contribution >= 0.6 is 0 Å². The SMILES string of the molecule is Cc1ccc(S(=O)(=O)NCC(=O)O[C@H](C)C(=O)N2c3ccccc3C[C@@H]2C)cc1. The second-order valence-corrected chi connectivity index (χ2v) is 8.93. The lowest BCUT2D eigenvalue weighted by molar-refractivity contribution is -0.152. The predicted octanol–water partition coefficient (Wildman–Crippen LogP) is 2.18. The van der Waals surface area contributed by atoms with E-state index in [1.807, 2.05) is 38.1 Å². The van der Waals surface area contributed by atoms with Gasteiger partial charge in [0, 0.05) is 11.7 Å². The molecule has 0 radical (unpaired) electrons. The van der Waals surface area contributed by atoms with Crippen LogP contribution in [0, 0.1) is 6.92 Å². The number of rotatable bonds is 6. The zero-order chi connectivity index (χ0) is 21.2. The lowest BCUT2D eigenvalue weighted by atomic mass is 10.1. The monoisotopic (exact) mass is 416 g/mol. The van der Waals surface area contributed by atoms with Gasteiger partial charge in [0.05, 0.1) is 4.90 Å². The second kappa shape index (κ2) is 8.34. The molecule has 7 nitrogen and oxygen atoms in total. The van der Waals surface area contributed by atoms with Gasteiger partial charge in [-0.2, -0.15) is 4.72 Å². The topological polar surface area (TPSA) is 92.8 Å². The van der Waals surface area contributed by atoms with Crippen molar-refractivity contribution in [3.63, 3.8) is 0 Å². The van der Waals surface area contributed by atoms with Crippen molar-refractivity contribution in [2.45, 2.75) is 44.2 Å². The summed E-state index contributed by atoms with van der Waals surface area (Å²) in [6.45, 7) is 4.71. The van der Waals surface area contributed by atoms with E-state index < -0.39 is 28.6 Å². The molecular weight excluding hydrogens is 392 g/mol. The highest BCUT2D eigenvalue weighted by Crippen LogP contribution is 2.32. The number of carbonyl (C=O) groups is 2. The van der Waals surface area contributed by atoms with Crippen LogP contribution in [0.5, 0.6) is 0 Å². The quantitative estimate of drug-likeness (QED) is 0.729. The molecule has 0 aromatic heterocycles. The average molecular weight is 416 g/mol. The van der Waals surface area contributed by atoms with Gasteiger partial charge in [-0.05, 0) is 51.0 Å². The maximum absolute atomic E-state index is 12.8. The average Bonchev–Trinajstić information content (AvgIpc) is 3.02. The van der Waals surface area contributed by atoms with Gasteiger partial charge in [-0.3, -0.25) is 9.59 Å². The number of nitrogens with zero attached hydrogens (tertiary/aromatic N) is 1. The first kappa shape index (κ1) is 21.0. The van der Waals surface area contributed by atoms with Gasteiger partial charge in [0.2, 0.25) is 10.0 Å². The van der Waals surface area contributed by atoms with Gasteiger partial charge in [-0.15, -0.1) is 0 Å². The zero-order valence-electron chi connectivity index (χ0n) is 16.6. The molecule has 0 spiro atoms. The van der Waals surface area contributed by atoms with Gasteiger partial charge in [0.25, 0.3) is 5.91 Å². The summed E-state index contributed by atoms with van der Waals surface area (Å²) in [6.07, 6.45) is -0.293. The van der Waals surface area contributed by atoms with Gasteiger partial charge in [-0.25, -0.2) is 8.42 Å². The maximum atomic E-state index is 12.8. The van der Waals surface area contributed by atoms with Crippen LogP contribution in [0.4, 0.5) is 5.69 Å². The molecular formula is C21H24N2O5S. The highest BCUT2D eigenvalue weighted by molar-refractivity contribution is 7.89. The number of anilines is 1. The number of esters is 1. The molecule has 3 rings (SSSR count). The lowest BCUT2D eigenvalue weighted by Crippen LogP contribution is -2.44. The summed E-state index contributed by atoms with van der Waals surface area (Å²) in [6, 6.07) is 13.8. The minimum absolute atomic E-state index is 0.0407. The van der Waals surface area contributed by atoms with Crippen molar-refractivity contribution in [3.8, 4) is 0 Å². The number of para-hydroxylation sites is 1. The number of carbonyl (C=O) groups excluding carboxylic acids is 2. The zero-order valence-corrected chi connectivity index (χ0v) is 17.4. The molecule has 0 saturated carbocycles. The minimum atomic E-state index is -3.84. The third-order valence-corrected chi connectivity index (χ3v) is 6.26. The fraction of sp³-hybridized carbons (Fsp3) is 0.333. The van der Waals surface area contributed by atoms with E-state index in [1.54, 1.807) is 17.0 Å². The van der Waals surface area contributed by atoms with Crippen molar-refractivity contribution in [1.29, 1.82) is 0 Å². The fourth-order valence-corrected chi connectivity index (χ4v) is 4.31. The van der Waals surface area contributed by atoms with Crippen LogP contribution in [-0.2, 0) is 30.8 Å². The lowest BCUT2D eigenvalue weighted by Gasteiger charge is -2.26. The Hall–Kier alpha value is -2.71. The number of aryl methyl sites for hydroxylation is 1. The Kier molecular flexibility index (Phi) is 6.04. The molecule has 1 amide bonds. The first-order valence-corrected chi connectivity index (χ1v) is 10.8. The van der Waals surface area contributed by atoms with Crippen LogP contribution in [0.3, 0.4) is 0 Å². The molecule has 0 fully saturated rings. The summed E-state index contributed by atoms with van der Waals surface area (Å²) in [7, 11) is -3.84. The molecule has 1 N–H and O–H groups in total. The first-order chi connectivity index (χ1) is 13.7. The van der Waals surface area contributed by atoms with Crippen molar-refractivity contribution in [2.24, 2.45) is 0 Å². The van der Waals surface area contributed by atoms with Crippen LogP contribution in [-0.4, -0.2) is 39.0 Å². The molecule has 2 aromatic carbocycles. The fourth-order valence-electron chi connectivity index (χ4n) is 3.34. The van der Waals surface area contributed by atoms with Gasteiger partial charge in [-0.1, -0.05) is 35.9 Å². The highest BCUT2D eigenvalue weighted by Gasteiger charge is 2.34. The van der Waals surface area contributed by atoms with Crippen molar-refractivity contribution >= 4 is 27.6 Å². The van der Waals surface area contributed by atoms with Gasteiger partial charge >= 0.3 is 5.97 Å². The number of sulfonamides is 1. The summed E-state index contributed by atoms with van der Waals surface area (Å²) in [5, 5.41) is 0. The molecule has 1 heterocycles. The van der Waals surface area contributed by atoms with Crippen molar-refractivity contribution < 1.29 is 22.7 Å². The largest absolute Gasteiger partial charge is 0.452 e. The number of hydrogen-bond acceptors (Lipinski definition) is 5. The third-order valence-electron chi connectivity index (χ3n) is 4.84. The molecule has 1 aliphatic rings.